The maximum atomic E-state index is 14.0. The van der Waals surface area contributed by atoms with Crippen LogP contribution in [0.4, 0.5) is 10.5 Å². The zero-order valence-corrected chi connectivity index (χ0v) is 21.2. The topological polar surface area (TPSA) is 94.7 Å². The van der Waals surface area contributed by atoms with E-state index in [0.29, 0.717) is 30.0 Å². The second kappa shape index (κ2) is 9.37. The van der Waals surface area contributed by atoms with E-state index in [2.05, 4.69) is 10.3 Å². The number of hydrogen-bond acceptors (Lipinski definition) is 4. The van der Waals surface area contributed by atoms with E-state index < -0.39 is 12.1 Å². The second-order valence-corrected chi connectivity index (χ2v) is 9.63. The summed E-state index contributed by atoms with van der Waals surface area (Å²) in [5.41, 5.74) is 4.70. The Bertz CT molecular complexity index is 1560. The SMILES string of the molecule is CCCNC(=O)c1ccc(N2C(=O)[C@@H]3Cc4c([nH]c5ccccc45)[C@@H](c4cccc(OC)c4)N3C2=O)cc1. The maximum absolute atomic E-state index is 14.0. The molecule has 1 saturated heterocycles. The van der Waals surface area contributed by atoms with Crippen molar-refractivity contribution in [2.75, 3.05) is 18.6 Å². The molecule has 0 unspecified atom stereocenters. The number of urea groups is 1. The summed E-state index contributed by atoms with van der Waals surface area (Å²) in [5, 5.41) is 3.89. The Kier molecular flexibility index (Phi) is 5.87. The Morgan fingerprint density at radius 1 is 1.05 bits per heavy atom. The van der Waals surface area contributed by atoms with Gasteiger partial charge >= 0.3 is 6.03 Å². The molecule has 4 aromatic rings. The number of rotatable bonds is 6. The number of hydrogen-bond donors (Lipinski definition) is 2. The van der Waals surface area contributed by atoms with Gasteiger partial charge in [0, 0.05) is 35.1 Å². The fourth-order valence-corrected chi connectivity index (χ4v) is 5.57. The summed E-state index contributed by atoms with van der Waals surface area (Å²) in [5.74, 6) is 0.217. The van der Waals surface area contributed by atoms with Crippen molar-refractivity contribution in [1.82, 2.24) is 15.2 Å². The quantitative estimate of drug-likeness (QED) is 0.366. The molecular formula is C30H28N4O4. The number of H-pyrrole nitrogens is 1. The van der Waals surface area contributed by atoms with Crippen molar-refractivity contribution in [3.63, 3.8) is 0 Å². The first kappa shape index (κ1) is 23.8. The van der Waals surface area contributed by atoms with Crippen LogP contribution < -0.4 is 15.0 Å². The smallest absolute Gasteiger partial charge is 0.332 e. The van der Waals surface area contributed by atoms with Crippen LogP contribution in [0.1, 0.15) is 46.6 Å². The standard InChI is InChI=1S/C30H28N4O4/c1-3-15-31-28(35)18-11-13-20(14-12-18)33-29(36)25-17-23-22-9-4-5-10-24(22)32-26(23)27(34(25)30(33)37)19-7-6-8-21(16-19)38-2/h4-14,16,25,27,32H,3,15,17H2,1-2H3,(H,31,35)/t25-,27+/m0/s1. The van der Waals surface area contributed by atoms with Crippen molar-refractivity contribution in [3.8, 4) is 5.75 Å². The first-order valence-corrected chi connectivity index (χ1v) is 12.8. The average Bonchev–Trinajstić information content (AvgIpc) is 3.44. The number of nitrogens with one attached hydrogen (secondary N) is 2. The highest BCUT2D eigenvalue weighted by atomic mass is 16.5. The highest BCUT2D eigenvalue weighted by Crippen LogP contribution is 2.45. The minimum Gasteiger partial charge on any atom is -0.497 e. The Hall–Kier alpha value is -4.59. The van der Waals surface area contributed by atoms with E-state index in [1.54, 1.807) is 36.3 Å². The number of ether oxygens (including phenoxy) is 1. The Balaban J connectivity index is 1.42. The minimum atomic E-state index is -0.655. The van der Waals surface area contributed by atoms with Gasteiger partial charge in [-0.1, -0.05) is 37.3 Å². The molecule has 3 aromatic carbocycles. The Labute approximate surface area is 220 Å². The summed E-state index contributed by atoms with van der Waals surface area (Å²) in [6.45, 7) is 2.57. The molecule has 192 valence electrons. The Morgan fingerprint density at radius 3 is 2.61 bits per heavy atom. The maximum Gasteiger partial charge on any atom is 0.332 e. The van der Waals surface area contributed by atoms with Crippen molar-refractivity contribution < 1.29 is 19.1 Å². The summed E-state index contributed by atoms with van der Waals surface area (Å²) < 4.78 is 5.47. The predicted octanol–water partition coefficient (Wildman–Crippen LogP) is 4.80. The molecular weight excluding hydrogens is 480 g/mol. The highest BCUT2D eigenvalue weighted by molar-refractivity contribution is 6.22. The van der Waals surface area contributed by atoms with Crippen LogP contribution in [0.3, 0.4) is 0 Å². The van der Waals surface area contributed by atoms with Gasteiger partial charge < -0.3 is 15.0 Å². The molecule has 1 aromatic heterocycles. The van der Waals surface area contributed by atoms with Crippen LogP contribution in [0, 0.1) is 0 Å². The van der Waals surface area contributed by atoms with Crippen molar-refractivity contribution in [1.29, 1.82) is 0 Å². The van der Waals surface area contributed by atoms with Crippen LogP contribution in [0.25, 0.3) is 10.9 Å². The first-order chi connectivity index (χ1) is 18.5. The number of para-hydroxylation sites is 1. The van der Waals surface area contributed by atoms with Crippen LogP contribution in [0.5, 0.6) is 5.75 Å². The summed E-state index contributed by atoms with van der Waals surface area (Å²) in [6.07, 6.45) is 1.25. The summed E-state index contributed by atoms with van der Waals surface area (Å²) in [7, 11) is 1.61. The number of aromatic amines is 1. The van der Waals surface area contributed by atoms with Gasteiger partial charge in [-0.25, -0.2) is 9.69 Å². The van der Waals surface area contributed by atoms with Crippen molar-refractivity contribution >= 4 is 34.4 Å². The third kappa shape index (κ3) is 3.72. The number of anilines is 1. The molecule has 4 amide bonds. The largest absolute Gasteiger partial charge is 0.497 e. The van der Waals surface area contributed by atoms with E-state index in [9.17, 15) is 14.4 Å². The number of carbonyl (C=O) groups is 3. The van der Waals surface area contributed by atoms with Crippen LogP contribution >= 0.6 is 0 Å². The van der Waals surface area contributed by atoms with E-state index in [-0.39, 0.29) is 17.8 Å². The lowest BCUT2D eigenvalue weighted by Crippen LogP contribution is -2.44. The second-order valence-electron chi connectivity index (χ2n) is 9.63. The summed E-state index contributed by atoms with van der Waals surface area (Å²) >= 11 is 0. The van der Waals surface area contributed by atoms with Crippen LogP contribution in [-0.4, -0.2) is 47.4 Å². The van der Waals surface area contributed by atoms with Gasteiger partial charge in [0.25, 0.3) is 11.8 Å². The molecule has 8 nitrogen and oxygen atoms in total. The summed E-state index contributed by atoms with van der Waals surface area (Å²) in [6, 6.07) is 20.7. The van der Waals surface area contributed by atoms with Crippen molar-refractivity contribution in [3.05, 3.63) is 95.2 Å². The van der Waals surface area contributed by atoms with Gasteiger partial charge in [-0.05, 0) is 60.0 Å². The van der Waals surface area contributed by atoms with Gasteiger partial charge in [-0.3, -0.25) is 14.5 Å². The van der Waals surface area contributed by atoms with Crippen molar-refractivity contribution in [2.24, 2.45) is 0 Å². The van der Waals surface area contributed by atoms with Crippen LogP contribution in [-0.2, 0) is 11.2 Å². The zero-order valence-electron chi connectivity index (χ0n) is 21.2. The molecule has 0 bridgehead atoms. The van der Waals surface area contributed by atoms with Gasteiger partial charge in [0.1, 0.15) is 17.8 Å². The first-order valence-electron chi connectivity index (χ1n) is 12.8. The lowest BCUT2D eigenvalue weighted by Gasteiger charge is -2.36. The van der Waals surface area contributed by atoms with Gasteiger partial charge in [0.15, 0.2) is 0 Å². The number of benzene rings is 3. The van der Waals surface area contributed by atoms with Crippen molar-refractivity contribution in [2.45, 2.75) is 31.8 Å². The fraction of sp³-hybridized carbons (Fsp3) is 0.233. The average molecular weight is 509 g/mol. The van der Waals surface area contributed by atoms with Gasteiger partial charge in [0.05, 0.1) is 12.8 Å². The molecule has 2 N–H and O–H groups in total. The lowest BCUT2D eigenvalue weighted by atomic mass is 9.89. The molecule has 38 heavy (non-hydrogen) atoms. The molecule has 0 aliphatic carbocycles. The number of nitrogens with zero attached hydrogens (tertiary/aromatic N) is 2. The van der Waals surface area contributed by atoms with Gasteiger partial charge in [-0.2, -0.15) is 0 Å². The summed E-state index contributed by atoms with van der Waals surface area (Å²) in [4.78, 5) is 46.6. The fourth-order valence-electron chi connectivity index (χ4n) is 5.57. The predicted molar refractivity (Wildman–Crippen MR) is 144 cm³/mol. The Morgan fingerprint density at radius 2 is 1.84 bits per heavy atom. The van der Waals surface area contributed by atoms with E-state index >= 15 is 0 Å². The van der Waals surface area contributed by atoms with Gasteiger partial charge in [-0.15, -0.1) is 0 Å². The third-order valence-electron chi connectivity index (χ3n) is 7.38. The molecule has 3 heterocycles. The van der Waals surface area contributed by atoms with Gasteiger partial charge in [0.2, 0.25) is 0 Å². The number of fused-ring (bicyclic) bond motifs is 4. The molecule has 2 atom stereocenters. The van der Waals surface area contributed by atoms with Crippen LogP contribution in [0.15, 0.2) is 72.8 Å². The van der Waals surface area contributed by atoms with E-state index in [0.717, 1.165) is 34.1 Å². The number of aromatic nitrogens is 1. The number of imide groups is 1. The minimum absolute atomic E-state index is 0.182. The lowest BCUT2D eigenvalue weighted by molar-refractivity contribution is -0.120. The third-order valence-corrected chi connectivity index (χ3v) is 7.38. The highest BCUT2D eigenvalue weighted by Gasteiger charge is 2.53. The van der Waals surface area contributed by atoms with E-state index in [4.69, 9.17) is 4.74 Å². The molecule has 1 fully saturated rings. The zero-order chi connectivity index (χ0) is 26.4. The molecule has 0 radical (unpaired) electrons. The molecule has 0 saturated carbocycles. The van der Waals surface area contributed by atoms with E-state index in [1.165, 1.54) is 4.90 Å². The van der Waals surface area contributed by atoms with Crippen LogP contribution in [0.2, 0.25) is 0 Å². The normalized spacial score (nSPS) is 18.5. The molecule has 8 heteroatoms. The molecule has 6 rings (SSSR count). The number of amides is 4. The monoisotopic (exact) mass is 508 g/mol. The molecule has 0 spiro atoms. The molecule has 2 aliphatic heterocycles. The number of methoxy groups -OCH3 is 1. The van der Waals surface area contributed by atoms with E-state index in [1.807, 2.05) is 55.5 Å². The molecule has 2 aliphatic rings. The number of carbonyl (C=O) groups excluding carboxylic acids is 3.